The van der Waals surface area contributed by atoms with E-state index in [0.29, 0.717) is 5.75 Å². The molecule has 0 rings (SSSR count). The molecule has 0 saturated heterocycles. The first kappa shape index (κ1) is 11.9. The SMILES string of the molecule is [CH2]CCCCS(=O)(=O)CC([CH2])C. The van der Waals surface area contributed by atoms with E-state index in [9.17, 15) is 8.42 Å². The van der Waals surface area contributed by atoms with Gasteiger partial charge in [-0.05, 0) is 19.3 Å². The minimum absolute atomic E-state index is 0.00486. The summed E-state index contributed by atoms with van der Waals surface area (Å²) in [6.45, 7) is 9.14. The van der Waals surface area contributed by atoms with Gasteiger partial charge in [0.1, 0.15) is 0 Å². The molecule has 2 radical (unpaired) electrons. The molecule has 2 nitrogen and oxygen atoms in total. The smallest absolute Gasteiger partial charge is 0.150 e. The lowest BCUT2D eigenvalue weighted by atomic mass is 10.3. The van der Waals surface area contributed by atoms with Gasteiger partial charge in [-0.1, -0.05) is 26.7 Å². The van der Waals surface area contributed by atoms with Gasteiger partial charge in [-0.3, -0.25) is 0 Å². The van der Waals surface area contributed by atoms with Crippen LogP contribution in [0.4, 0.5) is 0 Å². The van der Waals surface area contributed by atoms with Crippen LogP contribution in [0.25, 0.3) is 0 Å². The monoisotopic (exact) mass is 190 g/mol. The van der Waals surface area contributed by atoms with Crippen LogP contribution in [-0.4, -0.2) is 19.9 Å². The first-order valence-corrected chi connectivity index (χ1v) is 6.13. The highest BCUT2D eigenvalue weighted by Crippen LogP contribution is 2.04. The molecule has 0 spiro atoms. The van der Waals surface area contributed by atoms with Crippen molar-refractivity contribution in [2.75, 3.05) is 11.5 Å². The van der Waals surface area contributed by atoms with Crippen LogP contribution in [0.1, 0.15) is 26.2 Å². The molecule has 0 aromatic rings. The molecular formula is C9H18O2S. The zero-order chi connectivity index (χ0) is 9.61. The third-order valence-corrected chi connectivity index (χ3v) is 3.48. The first-order valence-electron chi connectivity index (χ1n) is 4.30. The molecule has 1 atom stereocenters. The van der Waals surface area contributed by atoms with E-state index < -0.39 is 9.84 Å². The Labute approximate surface area is 76.3 Å². The summed E-state index contributed by atoms with van der Waals surface area (Å²) in [5.41, 5.74) is 0. The van der Waals surface area contributed by atoms with Crippen molar-refractivity contribution in [3.8, 4) is 0 Å². The fourth-order valence-corrected chi connectivity index (χ4v) is 2.69. The molecule has 12 heavy (non-hydrogen) atoms. The van der Waals surface area contributed by atoms with Gasteiger partial charge in [0.2, 0.25) is 0 Å². The van der Waals surface area contributed by atoms with E-state index in [-0.39, 0.29) is 11.7 Å². The van der Waals surface area contributed by atoms with Crippen molar-refractivity contribution < 1.29 is 8.42 Å². The van der Waals surface area contributed by atoms with Gasteiger partial charge in [0.05, 0.1) is 11.5 Å². The van der Waals surface area contributed by atoms with E-state index in [0.717, 1.165) is 19.3 Å². The Morgan fingerprint density at radius 3 is 2.33 bits per heavy atom. The largest absolute Gasteiger partial charge is 0.229 e. The molecule has 0 amide bonds. The maximum atomic E-state index is 11.3. The lowest BCUT2D eigenvalue weighted by molar-refractivity contribution is 0.584. The van der Waals surface area contributed by atoms with Gasteiger partial charge in [-0.15, -0.1) is 0 Å². The maximum absolute atomic E-state index is 11.3. The van der Waals surface area contributed by atoms with Gasteiger partial charge in [-0.25, -0.2) is 8.42 Å². The van der Waals surface area contributed by atoms with Crippen molar-refractivity contribution in [3.05, 3.63) is 13.8 Å². The summed E-state index contributed by atoms with van der Waals surface area (Å²) in [6.07, 6.45) is 2.44. The van der Waals surface area contributed by atoms with Gasteiger partial charge < -0.3 is 0 Å². The predicted molar refractivity (Wildman–Crippen MR) is 52.4 cm³/mol. The van der Waals surface area contributed by atoms with Crippen LogP contribution < -0.4 is 0 Å². The topological polar surface area (TPSA) is 34.1 Å². The summed E-state index contributed by atoms with van der Waals surface area (Å²) in [4.78, 5) is 0. The standard InChI is InChI=1S/C9H18O2S/c1-4-5-6-7-12(10,11)8-9(2)3/h9H,1-2,4-8H2,3H3. The van der Waals surface area contributed by atoms with Crippen molar-refractivity contribution in [1.82, 2.24) is 0 Å². The lowest BCUT2D eigenvalue weighted by Gasteiger charge is -2.05. The fraction of sp³-hybridized carbons (Fsp3) is 0.778. The molecule has 0 aromatic heterocycles. The first-order chi connectivity index (χ1) is 5.48. The molecule has 0 N–H and O–H groups in total. The highest BCUT2D eigenvalue weighted by Gasteiger charge is 2.11. The summed E-state index contributed by atoms with van der Waals surface area (Å²) in [5.74, 6) is 0.502. The Balaban J connectivity index is 3.73. The van der Waals surface area contributed by atoms with Gasteiger partial charge in [0.15, 0.2) is 9.84 Å². The van der Waals surface area contributed by atoms with E-state index in [1.165, 1.54) is 0 Å². The Morgan fingerprint density at radius 1 is 1.33 bits per heavy atom. The second kappa shape index (κ2) is 5.57. The second-order valence-electron chi connectivity index (χ2n) is 3.28. The third-order valence-electron chi connectivity index (χ3n) is 1.49. The number of hydrogen-bond donors (Lipinski definition) is 0. The molecule has 0 bridgehead atoms. The van der Waals surface area contributed by atoms with Crippen LogP contribution in [0.5, 0.6) is 0 Å². The Bertz CT molecular complexity index is 193. The third kappa shape index (κ3) is 6.65. The molecule has 0 saturated carbocycles. The van der Waals surface area contributed by atoms with Crippen LogP contribution in [0.3, 0.4) is 0 Å². The summed E-state index contributed by atoms with van der Waals surface area (Å²) >= 11 is 0. The van der Waals surface area contributed by atoms with Crippen LogP contribution in [-0.2, 0) is 9.84 Å². The minimum atomic E-state index is -2.84. The predicted octanol–water partition coefficient (Wildman–Crippen LogP) is 1.88. The maximum Gasteiger partial charge on any atom is 0.150 e. The Morgan fingerprint density at radius 2 is 1.92 bits per heavy atom. The van der Waals surface area contributed by atoms with Gasteiger partial charge in [0.25, 0.3) is 0 Å². The van der Waals surface area contributed by atoms with Crippen LogP contribution in [0.15, 0.2) is 0 Å². The fourth-order valence-electron chi connectivity index (χ4n) is 1.02. The minimum Gasteiger partial charge on any atom is -0.229 e. The zero-order valence-corrected chi connectivity index (χ0v) is 8.57. The van der Waals surface area contributed by atoms with Gasteiger partial charge in [-0.2, -0.15) is 0 Å². The summed E-state index contributed by atoms with van der Waals surface area (Å²) in [6, 6.07) is 0. The van der Waals surface area contributed by atoms with E-state index in [4.69, 9.17) is 0 Å². The molecule has 72 valence electrons. The Kier molecular flexibility index (Phi) is 5.55. The van der Waals surface area contributed by atoms with Gasteiger partial charge in [0, 0.05) is 0 Å². The van der Waals surface area contributed by atoms with Crippen molar-refractivity contribution in [3.63, 3.8) is 0 Å². The van der Waals surface area contributed by atoms with Gasteiger partial charge >= 0.3 is 0 Å². The van der Waals surface area contributed by atoms with E-state index in [2.05, 4.69) is 13.8 Å². The number of rotatable bonds is 6. The molecule has 0 aromatic carbocycles. The average molecular weight is 190 g/mol. The normalized spacial score (nSPS) is 12.3. The highest BCUT2D eigenvalue weighted by molar-refractivity contribution is 7.91. The molecule has 0 fully saturated rings. The molecule has 0 aliphatic heterocycles. The van der Waals surface area contributed by atoms with Crippen molar-refractivity contribution in [2.45, 2.75) is 26.2 Å². The molecule has 3 heteroatoms. The summed E-state index contributed by atoms with van der Waals surface area (Å²) in [7, 11) is -2.84. The summed E-state index contributed by atoms with van der Waals surface area (Å²) < 4.78 is 22.5. The van der Waals surface area contributed by atoms with E-state index >= 15 is 0 Å². The lowest BCUT2D eigenvalue weighted by Crippen LogP contribution is -2.15. The van der Waals surface area contributed by atoms with E-state index in [1.807, 2.05) is 6.92 Å². The Hall–Kier alpha value is -0.0500. The average Bonchev–Trinajstić information content (AvgIpc) is 1.84. The number of unbranched alkanes of at least 4 members (excludes halogenated alkanes) is 2. The highest BCUT2D eigenvalue weighted by atomic mass is 32.2. The molecular weight excluding hydrogens is 172 g/mol. The van der Waals surface area contributed by atoms with Crippen LogP contribution >= 0.6 is 0 Å². The molecule has 0 heterocycles. The quantitative estimate of drug-likeness (QED) is 0.599. The zero-order valence-electron chi connectivity index (χ0n) is 7.75. The number of sulfone groups is 1. The van der Waals surface area contributed by atoms with Crippen LogP contribution in [0.2, 0.25) is 0 Å². The van der Waals surface area contributed by atoms with Crippen molar-refractivity contribution >= 4 is 9.84 Å². The summed E-state index contributed by atoms with van der Waals surface area (Å²) in [5, 5.41) is 0. The number of hydrogen-bond acceptors (Lipinski definition) is 2. The van der Waals surface area contributed by atoms with Crippen molar-refractivity contribution in [1.29, 1.82) is 0 Å². The second-order valence-corrected chi connectivity index (χ2v) is 5.51. The van der Waals surface area contributed by atoms with Crippen molar-refractivity contribution in [2.24, 2.45) is 5.92 Å². The van der Waals surface area contributed by atoms with Crippen LogP contribution in [0, 0.1) is 19.8 Å². The molecule has 1 unspecified atom stereocenters. The van der Waals surface area contributed by atoms with E-state index in [1.54, 1.807) is 0 Å². The molecule has 0 aliphatic carbocycles. The molecule has 0 aliphatic rings.